The smallest absolute Gasteiger partial charge is 0.269 e. The minimum absolute atomic E-state index is 0.0367. The van der Waals surface area contributed by atoms with Crippen LogP contribution in [0.2, 0.25) is 0 Å². The van der Waals surface area contributed by atoms with Crippen molar-refractivity contribution >= 4 is 24.3 Å². The van der Waals surface area contributed by atoms with Gasteiger partial charge in [0.25, 0.3) is 5.69 Å². The minimum Gasteiger partial charge on any atom is -0.360 e. The van der Waals surface area contributed by atoms with Crippen molar-refractivity contribution in [2.45, 2.75) is 51.4 Å². The third kappa shape index (κ3) is 6.22. The van der Waals surface area contributed by atoms with E-state index in [0.717, 1.165) is 61.4 Å². The standard InChI is InChI=1S/C31H37N5O5/c1-22-29(32-20-37)28(25-10-12-27(13-11-25)36(40)41)30(23(2)33-22)35(21-38)17-7-16-34-18-14-31(15-19-34,24(3)39)26-8-5-4-6-9-26/h4-6,8-13,20-21,28,33H,7,14-19H2,1-3H3,(H,32,37). The lowest BCUT2D eigenvalue weighted by Gasteiger charge is -2.41. The van der Waals surface area contributed by atoms with Gasteiger partial charge in [-0.1, -0.05) is 42.5 Å². The highest BCUT2D eigenvalue weighted by Gasteiger charge is 2.40. The molecule has 10 nitrogen and oxygen atoms in total. The second-order valence-electron chi connectivity index (χ2n) is 10.7. The Kier molecular flexibility index (Phi) is 9.34. The summed E-state index contributed by atoms with van der Waals surface area (Å²) in [6, 6.07) is 16.2. The first-order valence-corrected chi connectivity index (χ1v) is 13.9. The lowest BCUT2D eigenvalue weighted by atomic mass is 9.70. The van der Waals surface area contributed by atoms with E-state index in [1.165, 1.54) is 12.1 Å². The fourth-order valence-corrected chi connectivity index (χ4v) is 6.19. The Morgan fingerprint density at radius 3 is 2.32 bits per heavy atom. The minimum atomic E-state index is -0.496. The number of dihydropyridines is 1. The molecule has 2 aromatic rings. The van der Waals surface area contributed by atoms with Crippen molar-refractivity contribution in [2.75, 3.05) is 26.2 Å². The highest BCUT2D eigenvalue weighted by molar-refractivity contribution is 5.88. The molecule has 41 heavy (non-hydrogen) atoms. The number of nitrogens with zero attached hydrogens (tertiary/aromatic N) is 3. The molecule has 0 radical (unpaired) electrons. The van der Waals surface area contributed by atoms with Crippen molar-refractivity contribution in [3.63, 3.8) is 0 Å². The molecule has 0 spiro atoms. The maximum atomic E-state index is 12.7. The second kappa shape index (κ2) is 12.9. The number of nitro groups is 1. The van der Waals surface area contributed by atoms with E-state index in [1.54, 1.807) is 24.0 Å². The molecule has 1 atom stereocenters. The van der Waals surface area contributed by atoms with Gasteiger partial charge in [0.1, 0.15) is 5.78 Å². The quantitative estimate of drug-likeness (QED) is 0.229. The van der Waals surface area contributed by atoms with Crippen LogP contribution in [0.1, 0.15) is 57.1 Å². The molecule has 2 N–H and O–H groups in total. The summed E-state index contributed by atoms with van der Waals surface area (Å²) in [5.74, 6) is -0.299. The maximum Gasteiger partial charge on any atom is 0.269 e. The highest BCUT2D eigenvalue weighted by Crippen LogP contribution is 2.39. The number of amides is 2. The molecule has 0 saturated carbocycles. The summed E-state index contributed by atoms with van der Waals surface area (Å²) in [5, 5.41) is 17.3. The number of carbonyl (C=O) groups is 3. The van der Waals surface area contributed by atoms with Gasteiger partial charge < -0.3 is 20.4 Å². The Morgan fingerprint density at radius 1 is 1.10 bits per heavy atom. The SMILES string of the molecule is CC(=O)C1(c2ccccc2)CCN(CCCN(C=O)C2=C(C)NC(C)=C(NC=O)C2c2ccc([N+](=O)[O-])cc2)CC1. The van der Waals surface area contributed by atoms with Crippen molar-refractivity contribution in [1.29, 1.82) is 0 Å². The zero-order valence-corrected chi connectivity index (χ0v) is 23.8. The monoisotopic (exact) mass is 559 g/mol. The van der Waals surface area contributed by atoms with E-state index in [0.29, 0.717) is 30.8 Å². The molecule has 216 valence electrons. The van der Waals surface area contributed by atoms with Gasteiger partial charge in [0.15, 0.2) is 0 Å². The lowest BCUT2D eigenvalue weighted by Crippen LogP contribution is -2.47. The summed E-state index contributed by atoms with van der Waals surface area (Å²) < 4.78 is 0. The Hall–Kier alpha value is -4.31. The molecule has 1 fully saturated rings. The molecular formula is C31H37N5O5. The molecule has 2 amide bonds. The van der Waals surface area contributed by atoms with Gasteiger partial charge in [-0.15, -0.1) is 0 Å². The van der Waals surface area contributed by atoms with Crippen LogP contribution in [0.25, 0.3) is 0 Å². The van der Waals surface area contributed by atoms with Gasteiger partial charge in [-0.2, -0.15) is 0 Å². The molecular weight excluding hydrogens is 522 g/mol. The van der Waals surface area contributed by atoms with Crippen LogP contribution < -0.4 is 10.6 Å². The number of ketones is 1. The number of Topliss-reactive ketones (excluding diaryl/α,β-unsaturated/α-hetero) is 1. The normalized spacial score (nSPS) is 18.9. The van der Waals surface area contributed by atoms with E-state index < -0.39 is 16.3 Å². The topological polar surface area (TPSA) is 125 Å². The molecule has 0 aliphatic carbocycles. The first-order valence-electron chi connectivity index (χ1n) is 13.9. The number of hydrogen-bond acceptors (Lipinski definition) is 7. The van der Waals surface area contributed by atoms with Crippen molar-refractivity contribution < 1.29 is 19.3 Å². The van der Waals surface area contributed by atoms with Crippen LogP contribution in [0.3, 0.4) is 0 Å². The maximum absolute atomic E-state index is 12.7. The van der Waals surface area contributed by atoms with Crippen molar-refractivity contribution in [1.82, 2.24) is 20.4 Å². The van der Waals surface area contributed by atoms with Gasteiger partial charge in [-0.25, -0.2) is 0 Å². The second-order valence-corrected chi connectivity index (χ2v) is 10.7. The largest absolute Gasteiger partial charge is 0.360 e. The van der Waals surface area contributed by atoms with E-state index in [-0.39, 0.29) is 11.5 Å². The van der Waals surface area contributed by atoms with Crippen LogP contribution in [0.4, 0.5) is 5.69 Å². The molecule has 4 rings (SSSR count). The Morgan fingerprint density at radius 2 is 1.76 bits per heavy atom. The van der Waals surface area contributed by atoms with Crippen LogP contribution in [-0.4, -0.2) is 59.5 Å². The van der Waals surface area contributed by atoms with E-state index in [4.69, 9.17) is 0 Å². The highest BCUT2D eigenvalue weighted by atomic mass is 16.6. The fourth-order valence-electron chi connectivity index (χ4n) is 6.19. The predicted molar refractivity (Wildman–Crippen MR) is 155 cm³/mol. The number of rotatable bonds is 12. The number of hydrogen-bond donors (Lipinski definition) is 2. The molecule has 2 heterocycles. The van der Waals surface area contributed by atoms with Crippen molar-refractivity contribution in [3.8, 4) is 0 Å². The molecule has 2 aromatic carbocycles. The van der Waals surface area contributed by atoms with Crippen LogP contribution >= 0.6 is 0 Å². The Balaban J connectivity index is 1.48. The average molecular weight is 560 g/mol. The number of nitro benzene ring substituents is 1. The van der Waals surface area contributed by atoms with Gasteiger partial charge in [0.2, 0.25) is 12.8 Å². The van der Waals surface area contributed by atoms with E-state index in [1.807, 2.05) is 44.2 Å². The zero-order chi connectivity index (χ0) is 29.6. The Labute approximate surface area is 240 Å². The lowest BCUT2D eigenvalue weighted by molar-refractivity contribution is -0.384. The third-order valence-corrected chi connectivity index (χ3v) is 8.40. The first-order chi connectivity index (χ1) is 19.7. The summed E-state index contributed by atoms with van der Waals surface area (Å²) in [5.41, 5.74) is 4.07. The Bertz CT molecular complexity index is 1340. The third-order valence-electron chi connectivity index (χ3n) is 8.40. The van der Waals surface area contributed by atoms with Crippen molar-refractivity contribution in [3.05, 3.63) is 98.6 Å². The number of benzene rings is 2. The number of piperidine rings is 1. The van der Waals surface area contributed by atoms with E-state index >= 15 is 0 Å². The summed E-state index contributed by atoms with van der Waals surface area (Å²) in [7, 11) is 0. The first kappa shape index (κ1) is 29.7. The molecule has 0 bridgehead atoms. The van der Waals surface area contributed by atoms with Gasteiger partial charge in [-0.05, 0) is 70.8 Å². The predicted octanol–water partition coefficient (Wildman–Crippen LogP) is 3.96. The summed E-state index contributed by atoms with van der Waals surface area (Å²) >= 11 is 0. The molecule has 0 aromatic heterocycles. The van der Waals surface area contributed by atoms with Gasteiger partial charge in [-0.3, -0.25) is 24.5 Å². The van der Waals surface area contributed by atoms with Gasteiger partial charge in [0, 0.05) is 30.1 Å². The molecule has 1 saturated heterocycles. The summed E-state index contributed by atoms with van der Waals surface area (Å²) in [6.07, 6.45) is 3.61. The summed E-state index contributed by atoms with van der Waals surface area (Å²) in [6.45, 7) is 8.19. The van der Waals surface area contributed by atoms with Gasteiger partial charge in [0.05, 0.1) is 27.7 Å². The van der Waals surface area contributed by atoms with Crippen molar-refractivity contribution in [2.24, 2.45) is 0 Å². The summed E-state index contributed by atoms with van der Waals surface area (Å²) in [4.78, 5) is 51.4. The molecule has 10 heteroatoms. The molecule has 1 unspecified atom stereocenters. The number of non-ortho nitro benzene ring substituents is 1. The average Bonchev–Trinajstić information content (AvgIpc) is 2.98. The van der Waals surface area contributed by atoms with E-state index in [2.05, 4.69) is 15.5 Å². The molecule has 2 aliphatic rings. The van der Waals surface area contributed by atoms with Crippen LogP contribution in [0.5, 0.6) is 0 Å². The van der Waals surface area contributed by atoms with Crippen LogP contribution in [0, 0.1) is 10.1 Å². The fraction of sp³-hybridized carbons (Fsp3) is 0.387. The number of carbonyl (C=O) groups excluding carboxylic acids is 3. The zero-order valence-electron chi connectivity index (χ0n) is 23.8. The number of allylic oxidation sites excluding steroid dienone is 2. The van der Waals surface area contributed by atoms with E-state index in [9.17, 15) is 24.5 Å². The number of likely N-dealkylation sites (tertiary alicyclic amines) is 1. The van der Waals surface area contributed by atoms with Crippen LogP contribution in [-0.2, 0) is 19.8 Å². The molecule has 2 aliphatic heterocycles. The number of nitrogens with one attached hydrogen (secondary N) is 2. The van der Waals surface area contributed by atoms with Crippen LogP contribution in [0.15, 0.2) is 77.4 Å². The van der Waals surface area contributed by atoms with Gasteiger partial charge >= 0.3 is 0 Å².